The standard InChI is InChI=1S/C36H45F3N4O5/c1-22-15-25-17-26(16-22)35(19-25,32(45)46)42-31(44)27-20-40-33(41-30(27)36(37,38)39)43-21-34(9-13-48-14-10-34)28-18-24(5-6-29(28)43)4-2-3-23-7-11-47-12-8-23/h5-6,18,20,22-23,25-26H,2-4,7-17,19,21H2,1H3,(H,42,44)(H,45,46). The van der Waals surface area contributed by atoms with Crippen LogP contribution in [0.2, 0.25) is 0 Å². The van der Waals surface area contributed by atoms with E-state index in [-0.39, 0.29) is 35.5 Å². The zero-order valence-electron chi connectivity index (χ0n) is 27.5. The van der Waals surface area contributed by atoms with Crippen molar-refractivity contribution in [1.82, 2.24) is 15.3 Å². The van der Waals surface area contributed by atoms with Crippen molar-refractivity contribution in [2.75, 3.05) is 37.9 Å². The van der Waals surface area contributed by atoms with Gasteiger partial charge in [-0.15, -0.1) is 0 Å². The molecule has 2 aliphatic carbocycles. The van der Waals surface area contributed by atoms with Crippen LogP contribution in [0.3, 0.4) is 0 Å². The number of rotatable bonds is 8. The highest BCUT2D eigenvalue weighted by Crippen LogP contribution is 2.52. The van der Waals surface area contributed by atoms with Gasteiger partial charge in [-0.2, -0.15) is 13.2 Å². The summed E-state index contributed by atoms with van der Waals surface area (Å²) >= 11 is 0. The lowest BCUT2D eigenvalue weighted by Crippen LogP contribution is -2.57. The van der Waals surface area contributed by atoms with Gasteiger partial charge in [-0.25, -0.2) is 14.8 Å². The fraction of sp³-hybridized carbons (Fsp3) is 0.667. The molecule has 9 nitrogen and oxygen atoms in total. The molecular weight excluding hydrogens is 625 g/mol. The Balaban J connectivity index is 1.17. The molecule has 1 aromatic heterocycles. The number of halogens is 3. The summed E-state index contributed by atoms with van der Waals surface area (Å²) in [4.78, 5) is 36.2. The Morgan fingerprint density at radius 3 is 2.56 bits per heavy atom. The molecule has 3 aliphatic heterocycles. The maximum absolute atomic E-state index is 14.6. The first-order valence-electron chi connectivity index (χ1n) is 17.5. The molecule has 5 aliphatic rings. The molecule has 2 saturated carbocycles. The minimum atomic E-state index is -4.96. The minimum absolute atomic E-state index is 0.108. The van der Waals surface area contributed by atoms with Gasteiger partial charge in [0.05, 0.1) is 5.56 Å². The smallest absolute Gasteiger partial charge is 0.434 e. The number of carbonyl (C=O) groups is 2. The number of aryl methyl sites for hydroxylation is 1. The van der Waals surface area contributed by atoms with Gasteiger partial charge in [-0.3, -0.25) is 4.79 Å². The normalized spacial score (nSPS) is 28.4. The maximum atomic E-state index is 14.6. The van der Waals surface area contributed by atoms with Crippen LogP contribution in [-0.2, 0) is 32.3 Å². The van der Waals surface area contributed by atoms with Crippen LogP contribution in [0.15, 0.2) is 24.4 Å². The van der Waals surface area contributed by atoms with Crippen molar-refractivity contribution in [1.29, 1.82) is 0 Å². The molecule has 4 heterocycles. The molecule has 260 valence electrons. The predicted molar refractivity (Wildman–Crippen MR) is 171 cm³/mol. The number of ether oxygens (including phenoxy) is 2. The van der Waals surface area contributed by atoms with Crippen molar-refractivity contribution in [3.05, 3.63) is 46.8 Å². The van der Waals surface area contributed by atoms with E-state index in [0.29, 0.717) is 38.5 Å². The Morgan fingerprint density at radius 1 is 1.08 bits per heavy atom. The number of anilines is 2. The summed E-state index contributed by atoms with van der Waals surface area (Å²) in [6.07, 6.45) is 5.03. The lowest BCUT2D eigenvalue weighted by Gasteiger charge is -2.34. The molecule has 4 unspecified atom stereocenters. The van der Waals surface area contributed by atoms with Crippen LogP contribution in [-0.4, -0.2) is 65.5 Å². The number of aliphatic carboxylic acids is 1. The van der Waals surface area contributed by atoms with Gasteiger partial charge in [-0.05, 0) is 111 Å². The van der Waals surface area contributed by atoms with Gasteiger partial charge in [-0.1, -0.05) is 19.1 Å². The first kappa shape index (κ1) is 33.3. The van der Waals surface area contributed by atoms with Crippen LogP contribution < -0.4 is 10.2 Å². The number of aromatic nitrogens is 2. The summed E-state index contributed by atoms with van der Waals surface area (Å²) in [5, 5.41) is 12.8. The third kappa shape index (κ3) is 6.19. The van der Waals surface area contributed by atoms with Crippen molar-refractivity contribution in [3.8, 4) is 0 Å². The Morgan fingerprint density at radius 2 is 1.83 bits per heavy atom. The van der Waals surface area contributed by atoms with Crippen LogP contribution >= 0.6 is 0 Å². The number of nitrogens with one attached hydrogen (secondary N) is 1. The Labute approximate surface area is 279 Å². The molecular formula is C36H45F3N4O5. The summed E-state index contributed by atoms with van der Waals surface area (Å²) < 4.78 is 55.1. The van der Waals surface area contributed by atoms with Crippen LogP contribution in [0.5, 0.6) is 0 Å². The predicted octanol–water partition coefficient (Wildman–Crippen LogP) is 6.45. The molecule has 2 saturated heterocycles. The van der Waals surface area contributed by atoms with Crippen molar-refractivity contribution in [2.24, 2.45) is 23.7 Å². The van der Waals surface area contributed by atoms with Gasteiger partial charge < -0.3 is 24.8 Å². The Hall–Kier alpha value is -3.25. The lowest BCUT2D eigenvalue weighted by atomic mass is 9.75. The quantitative estimate of drug-likeness (QED) is 0.330. The molecule has 4 fully saturated rings. The average Bonchev–Trinajstić information content (AvgIpc) is 3.51. The number of nitrogens with zero attached hydrogens (tertiary/aromatic N) is 3. The van der Waals surface area contributed by atoms with Crippen molar-refractivity contribution < 1.29 is 37.3 Å². The first-order valence-corrected chi connectivity index (χ1v) is 17.5. The number of fused-ring (bicyclic) bond motifs is 4. The van der Waals surface area contributed by atoms with E-state index in [2.05, 4.69) is 21.4 Å². The fourth-order valence-electron chi connectivity index (χ4n) is 9.43. The monoisotopic (exact) mass is 670 g/mol. The zero-order chi connectivity index (χ0) is 33.7. The highest BCUT2D eigenvalue weighted by Gasteiger charge is 2.57. The highest BCUT2D eigenvalue weighted by atomic mass is 19.4. The zero-order valence-corrected chi connectivity index (χ0v) is 27.5. The van der Waals surface area contributed by atoms with Crippen molar-refractivity contribution in [3.63, 3.8) is 0 Å². The molecule has 2 bridgehead atoms. The number of carboxylic acid groups (broad SMARTS) is 1. The fourth-order valence-corrected chi connectivity index (χ4v) is 9.43. The SMILES string of the molecule is CC1CC2CC(C1)C(NC(=O)c1cnc(N3CC4(CCOCC4)c4cc(CCCC5CCOCC5)ccc43)nc1C(F)(F)F)(C(=O)O)C2. The van der Waals surface area contributed by atoms with E-state index < -0.39 is 34.8 Å². The summed E-state index contributed by atoms with van der Waals surface area (Å²) in [5.41, 5.74) is -0.991. The summed E-state index contributed by atoms with van der Waals surface area (Å²) in [6, 6.07) is 6.22. The topological polar surface area (TPSA) is 114 Å². The summed E-state index contributed by atoms with van der Waals surface area (Å²) in [5.74, 6) is -1.70. The molecule has 7 rings (SSSR count). The van der Waals surface area contributed by atoms with E-state index in [0.717, 1.165) is 82.0 Å². The molecule has 2 N–H and O–H groups in total. The van der Waals surface area contributed by atoms with Crippen LogP contribution in [0.1, 0.15) is 98.3 Å². The molecule has 1 amide bonds. The number of carbonyl (C=O) groups excluding carboxylic acids is 1. The van der Waals surface area contributed by atoms with Gasteiger partial charge in [0, 0.05) is 50.3 Å². The number of benzene rings is 1. The van der Waals surface area contributed by atoms with Gasteiger partial charge >= 0.3 is 12.1 Å². The number of hydrogen-bond acceptors (Lipinski definition) is 7. The first-order chi connectivity index (χ1) is 23.0. The van der Waals surface area contributed by atoms with Crippen LogP contribution in [0.25, 0.3) is 0 Å². The molecule has 0 radical (unpaired) electrons. The van der Waals surface area contributed by atoms with Crippen LogP contribution in [0.4, 0.5) is 24.8 Å². The molecule has 12 heteroatoms. The summed E-state index contributed by atoms with van der Waals surface area (Å²) in [6.45, 7) is 5.23. The molecule has 4 atom stereocenters. The second kappa shape index (κ2) is 12.9. The van der Waals surface area contributed by atoms with E-state index in [1.165, 1.54) is 5.56 Å². The molecule has 2 aromatic rings. The van der Waals surface area contributed by atoms with Crippen molar-refractivity contribution in [2.45, 2.75) is 94.7 Å². The van der Waals surface area contributed by atoms with E-state index in [9.17, 15) is 27.9 Å². The average molecular weight is 671 g/mol. The molecule has 48 heavy (non-hydrogen) atoms. The maximum Gasteiger partial charge on any atom is 0.434 e. The second-order valence-electron chi connectivity index (χ2n) is 15.0. The summed E-state index contributed by atoms with van der Waals surface area (Å²) in [7, 11) is 0. The number of amides is 1. The van der Waals surface area contributed by atoms with E-state index in [4.69, 9.17) is 9.47 Å². The van der Waals surface area contributed by atoms with Crippen LogP contribution in [0, 0.1) is 23.7 Å². The largest absolute Gasteiger partial charge is 0.479 e. The minimum Gasteiger partial charge on any atom is -0.479 e. The van der Waals surface area contributed by atoms with Gasteiger partial charge in [0.2, 0.25) is 5.95 Å². The van der Waals surface area contributed by atoms with E-state index >= 15 is 0 Å². The van der Waals surface area contributed by atoms with Gasteiger partial charge in [0.15, 0.2) is 5.69 Å². The third-order valence-electron chi connectivity index (χ3n) is 11.8. The highest BCUT2D eigenvalue weighted by molar-refractivity contribution is 5.99. The Kier molecular flexibility index (Phi) is 8.93. The lowest BCUT2D eigenvalue weighted by molar-refractivity contribution is -0.146. The third-order valence-corrected chi connectivity index (χ3v) is 11.8. The second-order valence-corrected chi connectivity index (χ2v) is 15.0. The Bertz CT molecular complexity index is 1540. The van der Waals surface area contributed by atoms with E-state index in [1.807, 2.05) is 19.1 Å². The van der Waals surface area contributed by atoms with Crippen molar-refractivity contribution >= 4 is 23.5 Å². The number of carboxylic acids is 1. The number of hydrogen-bond donors (Lipinski definition) is 2. The molecule has 1 aromatic carbocycles. The van der Waals surface area contributed by atoms with Gasteiger partial charge in [0.1, 0.15) is 5.54 Å². The molecule has 1 spiro atoms. The number of alkyl halides is 3. The van der Waals surface area contributed by atoms with Gasteiger partial charge in [0.25, 0.3) is 5.91 Å². The van der Waals surface area contributed by atoms with E-state index in [1.54, 1.807) is 4.90 Å².